The summed E-state index contributed by atoms with van der Waals surface area (Å²) in [5, 5.41) is 0. The number of rotatable bonds is 2. The van der Waals surface area contributed by atoms with Gasteiger partial charge in [-0.05, 0) is 33.6 Å². The highest BCUT2D eigenvalue weighted by Crippen LogP contribution is 2.38. The highest BCUT2D eigenvalue weighted by Gasteiger charge is 2.44. The fourth-order valence-corrected chi connectivity index (χ4v) is 2.10. The third-order valence-corrected chi connectivity index (χ3v) is 3.61. The first kappa shape index (κ1) is 11.5. The van der Waals surface area contributed by atoms with Gasteiger partial charge < -0.3 is 10.6 Å². The topological polar surface area (TPSA) is 46.3 Å². The van der Waals surface area contributed by atoms with Gasteiger partial charge >= 0.3 is 0 Å². The van der Waals surface area contributed by atoms with Crippen molar-refractivity contribution in [3.8, 4) is 0 Å². The van der Waals surface area contributed by atoms with Crippen LogP contribution in [0.4, 0.5) is 0 Å². The number of carbonyl (C=O) groups is 1. The molecule has 1 aliphatic carbocycles. The van der Waals surface area contributed by atoms with Crippen molar-refractivity contribution in [2.24, 2.45) is 11.1 Å². The lowest BCUT2D eigenvalue weighted by Crippen LogP contribution is -2.49. The third kappa shape index (κ3) is 1.78. The van der Waals surface area contributed by atoms with E-state index in [1.807, 2.05) is 32.7 Å². The molecule has 1 rings (SSSR count). The van der Waals surface area contributed by atoms with Crippen molar-refractivity contribution >= 4 is 5.91 Å². The summed E-state index contributed by atoms with van der Waals surface area (Å²) in [7, 11) is 1.86. The Kier molecular flexibility index (Phi) is 3.20. The molecule has 0 spiro atoms. The molecule has 0 saturated heterocycles. The standard InChI is InChI=1S/C11H22N2O/c1-8(2)13(4)10(14)11(3)7-5-6-9(11)12/h8-9H,5-7,12H2,1-4H3. The molecule has 0 aromatic rings. The first-order valence-corrected chi connectivity index (χ1v) is 5.42. The molecule has 14 heavy (non-hydrogen) atoms. The molecule has 3 heteroatoms. The predicted octanol–water partition coefficient (Wildman–Crippen LogP) is 1.37. The third-order valence-electron chi connectivity index (χ3n) is 3.61. The summed E-state index contributed by atoms with van der Waals surface area (Å²) in [5.41, 5.74) is 5.68. The molecule has 0 heterocycles. The average Bonchev–Trinajstić information content (AvgIpc) is 2.46. The Hall–Kier alpha value is -0.570. The molecule has 2 N–H and O–H groups in total. The monoisotopic (exact) mass is 198 g/mol. The van der Waals surface area contributed by atoms with E-state index in [1.165, 1.54) is 0 Å². The number of hydrogen-bond donors (Lipinski definition) is 1. The molecule has 3 nitrogen and oxygen atoms in total. The second-order valence-electron chi connectivity index (χ2n) is 4.93. The van der Waals surface area contributed by atoms with Gasteiger partial charge in [0.05, 0.1) is 5.41 Å². The van der Waals surface area contributed by atoms with Crippen LogP contribution in [0.1, 0.15) is 40.0 Å². The van der Waals surface area contributed by atoms with Gasteiger partial charge in [-0.3, -0.25) is 4.79 Å². The van der Waals surface area contributed by atoms with E-state index in [9.17, 15) is 4.79 Å². The molecule has 0 aromatic carbocycles. The Morgan fingerprint density at radius 2 is 2.14 bits per heavy atom. The van der Waals surface area contributed by atoms with Crippen molar-refractivity contribution in [3.05, 3.63) is 0 Å². The second kappa shape index (κ2) is 3.89. The lowest BCUT2D eigenvalue weighted by Gasteiger charge is -2.34. The molecule has 2 unspecified atom stereocenters. The Balaban J connectivity index is 2.77. The van der Waals surface area contributed by atoms with Gasteiger partial charge in [0.1, 0.15) is 0 Å². The van der Waals surface area contributed by atoms with Crippen molar-refractivity contribution < 1.29 is 4.79 Å². The first-order valence-electron chi connectivity index (χ1n) is 5.42. The van der Waals surface area contributed by atoms with Crippen molar-refractivity contribution in [1.29, 1.82) is 0 Å². The quantitative estimate of drug-likeness (QED) is 0.728. The highest BCUT2D eigenvalue weighted by atomic mass is 16.2. The number of carbonyl (C=O) groups excluding carboxylic acids is 1. The van der Waals surface area contributed by atoms with Crippen LogP contribution in [0.3, 0.4) is 0 Å². The summed E-state index contributed by atoms with van der Waals surface area (Å²) in [4.78, 5) is 14.0. The van der Waals surface area contributed by atoms with Gasteiger partial charge in [-0.1, -0.05) is 6.42 Å². The SMILES string of the molecule is CC(C)N(C)C(=O)C1(C)CCCC1N. The van der Waals surface area contributed by atoms with Gasteiger partial charge in [0.25, 0.3) is 0 Å². The molecule has 1 saturated carbocycles. The minimum Gasteiger partial charge on any atom is -0.343 e. The minimum atomic E-state index is -0.320. The van der Waals surface area contributed by atoms with Crippen molar-refractivity contribution in [2.75, 3.05) is 7.05 Å². The van der Waals surface area contributed by atoms with Gasteiger partial charge in [-0.15, -0.1) is 0 Å². The molecule has 1 fully saturated rings. The molecule has 2 atom stereocenters. The zero-order chi connectivity index (χ0) is 10.9. The largest absolute Gasteiger partial charge is 0.343 e. The first-order chi connectivity index (χ1) is 6.39. The number of amides is 1. The van der Waals surface area contributed by atoms with Crippen molar-refractivity contribution in [3.63, 3.8) is 0 Å². The molecular weight excluding hydrogens is 176 g/mol. The number of nitrogens with zero attached hydrogens (tertiary/aromatic N) is 1. The van der Waals surface area contributed by atoms with E-state index in [0.717, 1.165) is 19.3 Å². The molecule has 0 radical (unpaired) electrons. The molecule has 1 amide bonds. The lowest BCUT2D eigenvalue weighted by atomic mass is 9.83. The summed E-state index contributed by atoms with van der Waals surface area (Å²) >= 11 is 0. The summed E-state index contributed by atoms with van der Waals surface area (Å²) in [5.74, 6) is 0.206. The highest BCUT2D eigenvalue weighted by molar-refractivity contribution is 5.83. The fraction of sp³-hybridized carbons (Fsp3) is 0.909. The smallest absolute Gasteiger partial charge is 0.230 e. The Morgan fingerprint density at radius 1 is 1.57 bits per heavy atom. The summed E-state index contributed by atoms with van der Waals surface area (Å²) in [6.45, 7) is 6.06. The van der Waals surface area contributed by atoms with Crippen molar-refractivity contribution in [1.82, 2.24) is 4.90 Å². The maximum absolute atomic E-state index is 12.2. The van der Waals surface area contributed by atoms with E-state index in [2.05, 4.69) is 0 Å². The Labute approximate surface area is 86.6 Å². The number of hydrogen-bond acceptors (Lipinski definition) is 2. The van der Waals surface area contributed by atoms with Gasteiger partial charge in [-0.25, -0.2) is 0 Å². The van der Waals surface area contributed by atoms with Crippen LogP contribution in [0.5, 0.6) is 0 Å². The van der Waals surface area contributed by atoms with E-state index < -0.39 is 0 Å². The Bertz CT molecular complexity index is 227. The van der Waals surface area contributed by atoms with Crippen LogP contribution in [-0.4, -0.2) is 29.9 Å². The summed E-state index contributed by atoms with van der Waals surface area (Å²) in [6.07, 6.45) is 2.99. The predicted molar refractivity (Wildman–Crippen MR) is 57.8 cm³/mol. The van der Waals surface area contributed by atoms with E-state index >= 15 is 0 Å². The van der Waals surface area contributed by atoms with Gasteiger partial charge in [-0.2, -0.15) is 0 Å². The van der Waals surface area contributed by atoms with Crippen LogP contribution < -0.4 is 5.73 Å². The minimum absolute atomic E-state index is 0.0381. The van der Waals surface area contributed by atoms with Crippen molar-refractivity contribution in [2.45, 2.75) is 52.1 Å². The van der Waals surface area contributed by atoms with Crippen LogP contribution in [0, 0.1) is 5.41 Å². The van der Waals surface area contributed by atoms with Gasteiger partial charge in [0.2, 0.25) is 5.91 Å². The van der Waals surface area contributed by atoms with E-state index in [0.29, 0.717) is 0 Å². The molecule has 82 valence electrons. The Morgan fingerprint density at radius 3 is 2.50 bits per heavy atom. The van der Waals surface area contributed by atoms with Crippen LogP contribution in [-0.2, 0) is 4.79 Å². The van der Waals surface area contributed by atoms with Gasteiger partial charge in [0.15, 0.2) is 0 Å². The maximum Gasteiger partial charge on any atom is 0.230 e. The van der Waals surface area contributed by atoms with Crippen LogP contribution in [0.2, 0.25) is 0 Å². The van der Waals surface area contributed by atoms with Gasteiger partial charge in [0, 0.05) is 19.1 Å². The fourth-order valence-electron chi connectivity index (χ4n) is 2.10. The molecule has 0 bridgehead atoms. The van der Waals surface area contributed by atoms with Crippen LogP contribution in [0.25, 0.3) is 0 Å². The molecule has 0 aromatic heterocycles. The normalized spacial score (nSPS) is 32.3. The summed E-state index contributed by atoms with van der Waals surface area (Å²) < 4.78 is 0. The summed E-state index contributed by atoms with van der Waals surface area (Å²) in [6, 6.07) is 0.295. The zero-order valence-electron chi connectivity index (χ0n) is 9.71. The molecular formula is C11H22N2O. The second-order valence-corrected chi connectivity index (χ2v) is 4.93. The van der Waals surface area contributed by atoms with E-state index in [-0.39, 0.29) is 23.4 Å². The maximum atomic E-state index is 12.2. The van der Waals surface area contributed by atoms with E-state index in [1.54, 1.807) is 0 Å². The van der Waals surface area contributed by atoms with Crippen LogP contribution in [0.15, 0.2) is 0 Å². The lowest BCUT2D eigenvalue weighted by molar-refractivity contribution is -0.141. The molecule has 0 aliphatic heterocycles. The van der Waals surface area contributed by atoms with E-state index in [4.69, 9.17) is 5.73 Å². The molecule has 1 aliphatic rings. The average molecular weight is 198 g/mol. The number of nitrogens with two attached hydrogens (primary N) is 1. The zero-order valence-corrected chi connectivity index (χ0v) is 9.71. The van der Waals surface area contributed by atoms with Crippen LogP contribution >= 0.6 is 0 Å².